The van der Waals surface area contributed by atoms with Gasteiger partial charge >= 0.3 is 0 Å². The Hall–Kier alpha value is -2.51. The fourth-order valence-corrected chi connectivity index (χ4v) is 4.59. The van der Waals surface area contributed by atoms with Gasteiger partial charge in [0.1, 0.15) is 16.5 Å². The molecule has 0 unspecified atom stereocenters. The summed E-state index contributed by atoms with van der Waals surface area (Å²) in [6.45, 7) is 0. The minimum Gasteiger partial charge on any atom is -0.342 e. The Bertz CT molecular complexity index is 1080. The van der Waals surface area contributed by atoms with Crippen LogP contribution in [0.4, 0.5) is 5.69 Å². The molecule has 4 aromatic rings. The SMILES string of the molecule is O=C(Nc1ccc2nc(C3CCC3)[nH]c2c1)c1csc(-c2ccsc2)n1. The molecule has 0 saturated heterocycles. The summed E-state index contributed by atoms with van der Waals surface area (Å²) in [5.74, 6) is 1.43. The molecule has 0 atom stereocenters. The molecule has 0 aliphatic heterocycles. The van der Waals surface area contributed by atoms with Crippen LogP contribution >= 0.6 is 22.7 Å². The predicted octanol–water partition coefficient (Wildman–Crippen LogP) is 5.27. The number of thiophene rings is 1. The lowest BCUT2D eigenvalue weighted by Gasteiger charge is -2.22. The molecule has 1 aliphatic rings. The van der Waals surface area contributed by atoms with Crippen LogP contribution in [0.1, 0.15) is 41.5 Å². The fourth-order valence-electron chi connectivity index (χ4n) is 3.07. The second-order valence-electron chi connectivity index (χ2n) is 6.49. The molecule has 26 heavy (non-hydrogen) atoms. The molecular weight excluding hydrogens is 364 g/mol. The van der Waals surface area contributed by atoms with Gasteiger partial charge in [-0.15, -0.1) is 11.3 Å². The van der Waals surface area contributed by atoms with E-state index in [2.05, 4.69) is 20.3 Å². The molecule has 130 valence electrons. The van der Waals surface area contributed by atoms with E-state index in [4.69, 9.17) is 0 Å². The van der Waals surface area contributed by atoms with E-state index in [0.717, 1.165) is 33.1 Å². The number of benzene rings is 1. The molecule has 3 heterocycles. The Kier molecular flexibility index (Phi) is 3.83. The number of amides is 1. The molecule has 0 radical (unpaired) electrons. The summed E-state index contributed by atoms with van der Waals surface area (Å²) >= 11 is 3.10. The molecule has 1 aromatic carbocycles. The zero-order valence-electron chi connectivity index (χ0n) is 13.9. The lowest BCUT2D eigenvalue weighted by Crippen LogP contribution is -2.12. The van der Waals surface area contributed by atoms with Crippen LogP contribution in [0.15, 0.2) is 40.4 Å². The zero-order chi connectivity index (χ0) is 17.5. The van der Waals surface area contributed by atoms with E-state index in [1.165, 1.54) is 30.6 Å². The monoisotopic (exact) mass is 380 g/mol. The van der Waals surface area contributed by atoms with Gasteiger partial charge in [0.15, 0.2) is 0 Å². The van der Waals surface area contributed by atoms with Crippen LogP contribution in [0.3, 0.4) is 0 Å². The molecule has 2 N–H and O–H groups in total. The molecule has 1 aliphatic carbocycles. The summed E-state index contributed by atoms with van der Waals surface area (Å²) in [6.07, 6.45) is 3.70. The standard InChI is InChI=1S/C19H16N4OS2/c24-18(16-10-26-19(23-16)12-6-7-25-9-12)20-13-4-5-14-15(8-13)22-17(21-14)11-2-1-3-11/h4-11H,1-3H2,(H,20,24)(H,21,22). The number of hydrogen-bond acceptors (Lipinski definition) is 5. The van der Waals surface area contributed by atoms with E-state index in [1.54, 1.807) is 16.7 Å². The van der Waals surface area contributed by atoms with E-state index in [-0.39, 0.29) is 5.91 Å². The highest BCUT2D eigenvalue weighted by atomic mass is 32.1. The highest BCUT2D eigenvalue weighted by Crippen LogP contribution is 2.35. The van der Waals surface area contributed by atoms with Crippen molar-refractivity contribution in [1.29, 1.82) is 0 Å². The van der Waals surface area contributed by atoms with Crippen molar-refractivity contribution in [2.45, 2.75) is 25.2 Å². The highest BCUT2D eigenvalue weighted by Gasteiger charge is 2.22. The third-order valence-electron chi connectivity index (χ3n) is 4.75. The average Bonchev–Trinajstić information content (AvgIpc) is 3.32. The second kappa shape index (κ2) is 6.34. The number of imidazole rings is 1. The summed E-state index contributed by atoms with van der Waals surface area (Å²) < 4.78 is 0. The van der Waals surface area contributed by atoms with Gasteiger partial charge in [0.2, 0.25) is 0 Å². The Morgan fingerprint density at radius 1 is 1.19 bits per heavy atom. The molecule has 0 bridgehead atoms. The summed E-state index contributed by atoms with van der Waals surface area (Å²) in [7, 11) is 0. The van der Waals surface area contributed by atoms with Crippen LogP contribution in [0.25, 0.3) is 21.6 Å². The Labute approximate surface area is 158 Å². The van der Waals surface area contributed by atoms with E-state index in [1.807, 2.05) is 35.0 Å². The molecule has 5 nitrogen and oxygen atoms in total. The van der Waals surface area contributed by atoms with Crippen molar-refractivity contribution < 1.29 is 4.79 Å². The van der Waals surface area contributed by atoms with Gasteiger partial charge in [0.25, 0.3) is 5.91 Å². The summed E-state index contributed by atoms with van der Waals surface area (Å²) in [6, 6.07) is 7.78. The first-order chi connectivity index (χ1) is 12.8. The number of carbonyl (C=O) groups is 1. The van der Waals surface area contributed by atoms with Gasteiger partial charge < -0.3 is 10.3 Å². The maximum absolute atomic E-state index is 12.5. The fraction of sp³-hybridized carbons (Fsp3) is 0.211. The van der Waals surface area contributed by atoms with E-state index in [9.17, 15) is 4.79 Å². The van der Waals surface area contributed by atoms with Gasteiger partial charge in [0.05, 0.1) is 11.0 Å². The quantitative estimate of drug-likeness (QED) is 0.507. The van der Waals surface area contributed by atoms with Crippen LogP contribution in [-0.2, 0) is 0 Å². The molecule has 5 rings (SSSR count). The van der Waals surface area contributed by atoms with E-state index < -0.39 is 0 Å². The van der Waals surface area contributed by atoms with Gasteiger partial charge in [-0.05, 0) is 42.5 Å². The number of fused-ring (bicyclic) bond motifs is 1. The van der Waals surface area contributed by atoms with Crippen molar-refractivity contribution in [3.05, 3.63) is 51.9 Å². The second-order valence-corrected chi connectivity index (χ2v) is 8.12. The first-order valence-electron chi connectivity index (χ1n) is 8.55. The minimum absolute atomic E-state index is 0.194. The van der Waals surface area contributed by atoms with Crippen LogP contribution < -0.4 is 5.32 Å². The van der Waals surface area contributed by atoms with Gasteiger partial charge in [0, 0.05) is 27.9 Å². The Morgan fingerprint density at radius 3 is 2.88 bits per heavy atom. The van der Waals surface area contributed by atoms with Crippen LogP contribution in [0, 0.1) is 0 Å². The van der Waals surface area contributed by atoms with Crippen molar-refractivity contribution in [2.75, 3.05) is 5.32 Å². The van der Waals surface area contributed by atoms with Crippen molar-refractivity contribution in [3.63, 3.8) is 0 Å². The zero-order valence-corrected chi connectivity index (χ0v) is 15.5. The van der Waals surface area contributed by atoms with Gasteiger partial charge in [-0.2, -0.15) is 11.3 Å². The molecule has 1 saturated carbocycles. The number of rotatable bonds is 4. The first-order valence-corrected chi connectivity index (χ1v) is 10.4. The normalized spacial score (nSPS) is 14.5. The number of hydrogen-bond donors (Lipinski definition) is 2. The van der Waals surface area contributed by atoms with Crippen LogP contribution in [-0.4, -0.2) is 20.9 Å². The minimum atomic E-state index is -0.194. The Morgan fingerprint density at radius 2 is 2.12 bits per heavy atom. The first kappa shape index (κ1) is 15.7. The van der Waals surface area contributed by atoms with E-state index in [0.29, 0.717) is 11.6 Å². The molecule has 3 aromatic heterocycles. The van der Waals surface area contributed by atoms with E-state index >= 15 is 0 Å². The van der Waals surface area contributed by atoms with Gasteiger partial charge in [-0.1, -0.05) is 6.42 Å². The van der Waals surface area contributed by atoms with Crippen molar-refractivity contribution in [2.24, 2.45) is 0 Å². The summed E-state index contributed by atoms with van der Waals surface area (Å²) in [5, 5.41) is 9.64. The maximum Gasteiger partial charge on any atom is 0.275 e. The maximum atomic E-state index is 12.5. The summed E-state index contributed by atoms with van der Waals surface area (Å²) in [4.78, 5) is 25.0. The van der Waals surface area contributed by atoms with Crippen molar-refractivity contribution >= 4 is 45.3 Å². The third-order valence-corrected chi connectivity index (χ3v) is 6.33. The molecule has 1 amide bonds. The summed E-state index contributed by atoms with van der Waals surface area (Å²) in [5.41, 5.74) is 4.15. The molecule has 7 heteroatoms. The molecule has 0 spiro atoms. The number of anilines is 1. The predicted molar refractivity (Wildman–Crippen MR) is 106 cm³/mol. The van der Waals surface area contributed by atoms with Crippen molar-refractivity contribution in [3.8, 4) is 10.6 Å². The number of aromatic amines is 1. The molecule has 1 fully saturated rings. The lowest BCUT2D eigenvalue weighted by atomic mass is 9.85. The van der Waals surface area contributed by atoms with Gasteiger partial charge in [-0.25, -0.2) is 9.97 Å². The largest absolute Gasteiger partial charge is 0.342 e. The Balaban J connectivity index is 1.36. The lowest BCUT2D eigenvalue weighted by molar-refractivity contribution is 0.102. The van der Waals surface area contributed by atoms with Crippen LogP contribution in [0.2, 0.25) is 0 Å². The average molecular weight is 380 g/mol. The van der Waals surface area contributed by atoms with Crippen LogP contribution in [0.5, 0.6) is 0 Å². The van der Waals surface area contributed by atoms with Crippen molar-refractivity contribution in [1.82, 2.24) is 15.0 Å². The number of H-pyrrole nitrogens is 1. The highest BCUT2D eigenvalue weighted by molar-refractivity contribution is 7.14. The van der Waals surface area contributed by atoms with Gasteiger partial charge in [-0.3, -0.25) is 4.79 Å². The third kappa shape index (κ3) is 2.83. The smallest absolute Gasteiger partial charge is 0.275 e. The number of thiazole rings is 1. The molecular formula is C19H16N4OS2. The number of carbonyl (C=O) groups excluding carboxylic acids is 1. The number of nitrogens with zero attached hydrogens (tertiary/aromatic N) is 2. The topological polar surface area (TPSA) is 70.7 Å². The number of aromatic nitrogens is 3. The number of nitrogens with one attached hydrogen (secondary N) is 2.